The van der Waals surface area contributed by atoms with Crippen LogP contribution in [0.25, 0.3) is 0 Å². The van der Waals surface area contributed by atoms with Gasteiger partial charge < -0.3 is 20.3 Å². The molecule has 3 heterocycles. The van der Waals surface area contributed by atoms with E-state index in [1.165, 1.54) is 32.5 Å². The third kappa shape index (κ3) is 5.65. The number of ether oxygens (including phenoxy) is 1. The summed E-state index contributed by atoms with van der Waals surface area (Å²) in [5.41, 5.74) is 0. The maximum Gasteiger partial charge on any atom is 0.191 e. The molecule has 2 N–H and O–H groups in total. The molecule has 1 aromatic heterocycles. The van der Waals surface area contributed by atoms with Gasteiger partial charge in [-0.15, -0.1) is 0 Å². The summed E-state index contributed by atoms with van der Waals surface area (Å²) in [7, 11) is 1.68. The third-order valence-corrected chi connectivity index (χ3v) is 5.28. The van der Waals surface area contributed by atoms with Crippen LogP contribution in [0.1, 0.15) is 44.8 Å². The lowest BCUT2D eigenvalue weighted by atomic mass is 10.1. The average Bonchev–Trinajstić information content (AvgIpc) is 3.26. The molecule has 2 unspecified atom stereocenters. The number of aryl methyl sites for hydroxylation is 1. The lowest BCUT2D eigenvalue weighted by molar-refractivity contribution is 0.177. The van der Waals surface area contributed by atoms with Crippen LogP contribution in [0.2, 0.25) is 0 Å². The van der Waals surface area contributed by atoms with Gasteiger partial charge in [-0.1, -0.05) is 6.92 Å². The number of likely N-dealkylation sites (tertiary alicyclic amines) is 1. The Bertz CT molecular complexity index is 615. The summed E-state index contributed by atoms with van der Waals surface area (Å²) in [4.78, 5) is 12.0. The Labute approximate surface area is 162 Å². The van der Waals surface area contributed by atoms with Crippen LogP contribution in [0.3, 0.4) is 0 Å². The fourth-order valence-electron chi connectivity index (χ4n) is 3.98. The summed E-state index contributed by atoms with van der Waals surface area (Å²) < 4.78 is 7.16. The van der Waals surface area contributed by atoms with Crippen molar-refractivity contribution in [2.75, 3.05) is 39.8 Å². The van der Waals surface area contributed by atoms with Crippen molar-refractivity contribution in [2.45, 2.75) is 58.7 Å². The Kier molecular flexibility index (Phi) is 7.46. The zero-order chi connectivity index (χ0) is 19.1. The predicted molar refractivity (Wildman–Crippen MR) is 107 cm³/mol. The summed E-state index contributed by atoms with van der Waals surface area (Å²) in [5.74, 6) is 3.43. The average molecular weight is 378 g/mol. The van der Waals surface area contributed by atoms with E-state index >= 15 is 0 Å². The zero-order valence-electron chi connectivity index (χ0n) is 17.1. The molecule has 0 amide bonds. The molecule has 27 heavy (non-hydrogen) atoms. The smallest absolute Gasteiger partial charge is 0.191 e. The Morgan fingerprint density at radius 2 is 2.19 bits per heavy atom. The number of aromatic nitrogens is 3. The van der Waals surface area contributed by atoms with E-state index in [9.17, 15) is 0 Å². The van der Waals surface area contributed by atoms with Gasteiger partial charge in [0.1, 0.15) is 12.4 Å². The second-order valence-corrected chi connectivity index (χ2v) is 7.61. The first-order chi connectivity index (χ1) is 13.2. The Balaban J connectivity index is 1.53. The number of guanidine groups is 1. The van der Waals surface area contributed by atoms with Gasteiger partial charge in [0.15, 0.2) is 11.8 Å². The summed E-state index contributed by atoms with van der Waals surface area (Å²) in [5, 5.41) is 11.6. The van der Waals surface area contributed by atoms with Crippen molar-refractivity contribution in [3.8, 4) is 0 Å². The van der Waals surface area contributed by atoms with Gasteiger partial charge in [0.2, 0.25) is 0 Å². The van der Waals surface area contributed by atoms with Gasteiger partial charge in [-0.25, -0.2) is 9.67 Å². The first-order valence-corrected chi connectivity index (χ1v) is 10.4. The number of hydrogen-bond acceptors (Lipinski definition) is 5. The van der Waals surface area contributed by atoms with E-state index < -0.39 is 0 Å². The van der Waals surface area contributed by atoms with Crippen LogP contribution < -0.4 is 10.6 Å². The number of hydrogen-bond donors (Lipinski definition) is 2. The minimum absolute atomic E-state index is 0.326. The highest BCUT2D eigenvalue weighted by Crippen LogP contribution is 2.17. The molecule has 152 valence electrons. The molecule has 2 atom stereocenters. The monoisotopic (exact) mass is 377 g/mol. The van der Waals surface area contributed by atoms with Gasteiger partial charge >= 0.3 is 0 Å². The third-order valence-electron chi connectivity index (χ3n) is 5.28. The highest BCUT2D eigenvalue weighted by atomic mass is 16.5. The van der Waals surface area contributed by atoms with Crippen LogP contribution in [0.4, 0.5) is 0 Å². The summed E-state index contributed by atoms with van der Waals surface area (Å²) in [6, 6.07) is 0.326. The zero-order valence-corrected chi connectivity index (χ0v) is 17.1. The number of methoxy groups -OCH3 is 1. The van der Waals surface area contributed by atoms with Crippen LogP contribution >= 0.6 is 0 Å². The van der Waals surface area contributed by atoms with E-state index in [0.717, 1.165) is 50.1 Å². The van der Waals surface area contributed by atoms with Crippen LogP contribution in [-0.4, -0.2) is 71.5 Å². The summed E-state index contributed by atoms with van der Waals surface area (Å²) >= 11 is 0. The lowest BCUT2D eigenvalue weighted by Crippen LogP contribution is -2.47. The van der Waals surface area contributed by atoms with Crippen molar-refractivity contribution < 1.29 is 4.74 Å². The van der Waals surface area contributed by atoms with E-state index in [-0.39, 0.29) is 0 Å². The fourth-order valence-corrected chi connectivity index (χ4v) is 3.98. The van der Waals surface area contributed by atoms with Crippen molar-refractivity contribution in [2.24, 2.45) is 10.9 Å². The highest BCUT2D eigenvalue weighted by molar-refractivity contribution is 5.80. The van der Waals surface area contributed by atoms with Gasteiger partial charge in [0.25, 0.3) is 0 Å². The second-order valence-electron chi connectivity index (χ2n) is 7.61. The largest absolute Gasteiger partial charge is 0.377 e. The van der Waals surface area contributed by atoms with Crippen LogP contribution in [0, 0.1) is 5.92 Å². The number of fused-ring (bicyclic) bond motifs is 1. The van der Waals surface area contributed by atoms with E-state index in [2.05, 4.69) is 39.5 Å². The normalized spacial score (nSPS) is 23.4. The molecular formula is C19H35N7O. The first-order valence-electron chi connectivity index (χ1n) is 10.4. The molecule has 0 saturated carbocycles. The predicted octanol–water partition coefficient (Wildman–Crippen LogP) is 1.03. The number of nitrogens with one attached hydrogen (secondary N) is 2. The summed E-state index contributed by atoms with van der Waals surface area (Å²) in [6.45, 7) is 11.1. The summed E-state index contributed by atoms with van der Waals surface area (Å²) in [6.07, 6.45) is 4.47. The van der Waals surface area contributed by atoms with Crippen LogP contribution in [-0.2, 0) is 24.3 Å². The van der Waals surface area contributed by atoms with Crippen molar-refractivity contribution in [3.63, 3.8) is 0 Å². The van der Waals surface area contributed by atoms with E-state index in [1.54, 1.807) is 7.11 Å². The molecule has 8 nitrogen and oxygen atoms in total. The van der Waals surface area contributed by atoms with Crippen LogP contribution in [0.5, 0.6) is 0 Å². The number of aliphatic imine (C=N–C) groups is 1. The maximum atomic E-state index is 5.15. The molecule has 0 aromatic carbocycles. The van der Waals surface area contributed by atoms with Crippen molar-refractivity contribution >= 4 is 5.96 Å². The van der Waals surface area contributed by atoms with Gasteiger partial charge in [-0.05, 0) is 45.2 Å². The molecule has 0 spiro atoms. The molecule has 2 aliphatic heterocycles. The van der Waals surface area contributed by atoms with E-state index in [0.29, 0.717) is 18.6 Å². The Hall–Kier alpha value is -1.67. The maximum absolute atomic E-state index is 5.15. The van der Waals surface area contributed by atoms with Crippen LogP contribution in [0.15, 0.2) is 4.99 Å². The fraction of sp³-hybridized carbons (Fsp3) is 0.842. The molecule has 3 rings (SSSR count). The van der Waals surface area contributed by atoms with Gasteiger partial charge in [-0.3, -0.25) is 4.99 Å². The quantitative estimate of drug-likeness (QED) is 0.520. The molecule has 0 aliphatic carbocycles. The minimum Gasteiger partial charge on any atom is -0.377 e. The molecular weight excluding hydrogens is 342 g/mol. The SMILES string of the molecule is CCCN1CCC(CN=C(NCC)NC2CCc3nc(COC)nn3C2)C1. The highest BCUT2D eigenvalue weighted by Gasteiger charge is 2.24. The minimum atomic E-state index is 0.326. The molecule has 1 aromatic rings. The van der Waals surface area contributed by atoms with Gasteiger partial charge in [-0.2, -0.15) is 5.10 Å². The second kappa shape index (κ2) is 10.0. The molecule has 1 fully saturated rings. The standard InChI is InChI=1S/C19H35N7O/c1-4-9-25-10-8-15(12-25)11-21-19(20-5-2)22-16-6-7-18-23-17(14-27-3)24-26(18)13-16/h15-16H,4-14H2,1-3H3,(H2,20,21,22). The lowest BCUT2D eigenvalue weighted by Gasteiger charge is -2.25. The van der Waals surface area contributed by atoms with Crippen molar-refractivity contribution in [1.82, 2.24) is 30.3 Å². The number of rotatable bonds is 8. The van der Waals surface area contributed by atoms with E-state index in [1.807, 2.05) is 4.68 Å². The van der Waals surface area contributed by atoms with Crippen molar-refractivity contribution in [3.05, 3.63) is 11.6 Å². The molecule has 0 bridgehead atoms. The number of nitrogens with zero attached hydrogens (tertiary/aromatic N) is 5. The topological polar surface area (TPSA) is 79.6 Å². The Morgan fingerprint density at radius 3 is 2.96 bits per heavy atom. The van der Waals surface area contributed by atoms with E-state index in [4.69, 9.17) is 9.73 Å². The van der Waals surface area contributed by atoms with Crippen molar-refractivity contribution in [1.29, 1.82) is 0 Å². The Morgan fingerprint density at radius 1 is 1.30 bits per heavy atom. The molecule has 8 heteroatoms. The van der Waals surface area contributed by atoms with Gasteiger partial charge in [0.05, 0.1) is 6.54 Å². The van der Waals surface area contributed by atoms with Gasteiger partial charge in [0, 0.05) is 39.2 Å². The molecule has 2 aliphatic rings. The first kappa shape index (κ1) is 20.1. The molecule has 1 saturated heterocycles. The molecule has 0 radical (unpaired) electrons.